The summed E-state index contributed by atoms with van der Waals surface area (Å²) in [5.41, 5.74) is 0.510. The van der Waals surface area contributed by atoms with Crippen LogP contribution in [-0.2, 0) is 0 Å². The summed E-state index contributed by atoms with van der Waals surface area (Å²) in [6, 6.07) is 7.37. The Morgan fingerprint density at radius 2 is 1.94 bits per heavy atom. The van der Waals surface area contributed by atoms with Crippen molar-refractivity contribution < 1.29 is 9.13 Å². The fraction of sp³-hybridized carbons (Fsp3) is 0. The van der Waals surface area contributed by atoms with Gasteiger partial charge in [-0.15, -0.1) is 0 Å². The van der Waals surface area contributed by atoms with Crippen molar-refractivity contribution in [2.45, 2.75) is 0 Å². The van der Waals surface area contributed by atoms with Gasteiger partial charge < -0.3 is 4.74 Å². The van der Waals surface area contributed by atoms with Gasteiger partial charge in [-0.2, -0.15) is 9.61 Å². The first-order valence-corrected chi connectivity index (χ1v) is 5.53. The van der Waals surface area contributed by atoms with Crippen molar-refractivity contribution in [2.24, 2.45) is 0 Å². The van der Waals surface area contributed by atoms with E-state index in [9.17, 15) is 4.39 Å². The molecule has 0 saturated heterocycles. The van der Waals surface area contributed by atoms with Crippen molar-refractivity contribution >= 4 is 17.2 Å². The summed E-state index contributed by atoms with van der Waals surface area (Å²) in [5, 5.41) is 4.50. The molecule has 0 radical (unpaired) electrons. The predicted molar refractivity (Wildman–Crippen MR) is 64.5 cm³/mol. The number of hydrogen-bond donors (Lipinski definition) is 0. The molecule has 90 valence electrons. The largest absolute Gasteiger partial charge is 0.439 e. The van der Waals surface area contributed by atoms with Gasteiger partial charge in [0.1, 0.15) is 16.6 Å². The Labute approximate surface area is 107 Å². The molecular weight excluding hydrogens is 257 g/mol. The minimum atomic E-state index is -0.315. The van der Waals surface area contributed by atoms with Gasteiger partial charge >= 0.3 is 0 Å². The molecule has 0 aliphatic rings. The Bertz CT molecular complexity index is 696. The molecule has 2 aromatic heterocycles. The van der Waals surface area contributed by atoms with Crippen LogP contribution in [0.4, 0.5) is 4.39 Å². The Morgan fingerprint density at radius 1 is 1.17 bits per heavy atom. The molecule has 0 saturated carbocycles. The summed E-state index contributed by atoms with van der Waals surface area (Å²) in [6.45, 7) is 0. The van der Waals surface area contributed by atoms with E-state index in [1.807, 2.05) is 0 Å². The van der Waals surface area contributed by atoms with Crippen molar-refractivity contribution in [1.29, 1.82) is 0 Å². The van der Waals surface area contributed by atoms with Gasteiger partial charge in [0.2, 0.25) is 5.88 Å². The fourth-order valence-electron chi connectivity index (χ4n) is 1.54. The molecule has 0 bridgehead atoms. The molecular formula is C12H7ClFN3O. The van der Waals surface area contributed by atoms with Crippen molar-refractivity contribution in [2.75, 3.05) is 0 Å². The Hall–Kier alpha value is -2.14. The van der Waals surface area contributed by atoms with Crippen LogP contribution < -0.4 is 4.74 Å². The van der Waals surface area contributed by atoms with Crippen molar-refractivity contribution in [3.8, 4) is 11.6 Å². The minimum absolute atomic E-state index is 0.315. The standard InChI is InChI=1S/C12H7ClFN3O/c13-10-7-16-17-11(5-6-15-12(10)17)18-9-3-1-8(14)2-4-9/h1-7H. The molecule has 4 nitrogen and oxygen atoms in total. The second-order valence-corrected chi connectivity index (χ2v) is 3.97. The molecule has 0 aliphatic carbocycles. The number of rotatable bonds is 2. The van der Waals surface area contributed by atoms with Gasteiger partial charge in [-0.05, 0) is 24.3 Å². The molecule has 6 heteroatoms. The van der Waals surface area contributed by atoms with Gasteiger partial charge in [-0.3, -0.25) is 0 Å². The maximum absolute atomic E-state index is 12.8. The van der Waals surface area contributed by atoms with E-state index < -0.39 is 0 Å². The van der Waals surface area contributed by atoms with Gasteiger partial charge in [0.25, 0.3) is 0 Å². The average Bonchev–Trinajstić information content (AvgIpc) is 2.76. The number of benzene rings is 1. The number of nitrogens with zero attached hydrogens (tertiary/aromatic N) is 3. The zero-order valence-electron chi connectivity index (χ0n) is 9.05. The second-order valence-electron chi connectivity index (χ2n) is 3.57. The van der Waals surface area contributed by atoms with Crippen molar-refractivity contribution in [3.63, 3.8) is 0 Å². The van der Waals surface area contributed by atoms with Crippen LogP contribution in [0.3, 0.4) is 0 Å². The predicted octanol–water partition coefficient (Wildman–Crippen LogP) is 3.31. The highest BCUT2D eigenvalue weighted by molar-refractivity contribution is 6.33. The quantitative estimate of drug-likeness (QED) is 0.712. The summed E-state index contributed by atoms with van der Waals surface area (Å²) >= 11 is 5.92. The van der Waals surface area contributed by atoms with Gasteiger partial charge in [0, 0.05) is 12.3 Å². The summed E-state index contributed by atoms with van der Waals surface area (Å²) in [7, 11) is 0. The summed E-state index contributed by atoms with van der Waals surface area (Å²) < 4.78 is 19.9. The molecule has 18 heavy (non-hydrogen) atoms. The fourth-order valence-corrected chi connectivity index (χ4v) is 1.72. The lowest BCUT2D eigenvalue weighted by molar-refractivity contribution is 0.444. The van der Waals surface area contributed by atoms with Gasteiger partial charge in [-0.1, -0.05) is 11.6 Å². The molecule has 0 amide bonds. The third kappa shape index (κ3) is 1.89. The molecule has 0 atom stereocenters. The smallest absolute Gasteiger partial charge is 0.223 e. The third-order valence-electron chi connectivity index (χ3n) is 2.36. The van der Waals surface area contributed by atoms with E-state index in [-0.39, 0.29) is 5.82 Å². The van der Waals surface area contributed by atoms with Crippen LogP contribution >= 0.6 is 11.6 Å². The molecule has 1 aromatic carbocycles. The Balaban J connectivity index is 2.02. The van der Waals surface area contributed by atoms with Crippen LogP contribution in [0.1, 0.15) is 0 Å². The molecule has 0 aliphatic heterocycles. The number of hydrogen-bond acceptors (Lipinski definition) is 3. The first-order valence-electron chi connectivity index (χ1n) is 5.16. The highest BCUT2D eigenvalue weighted by Gasteiger charge is 2.08. The lowest BCUT2D eigenvalue weighted by Gasteiger charge is -2.06. The zero-order valence-corrected chi connectivity index (χ0v) is 9.80. The Kier molecular flexibility index (Phi) is 2.60. The van der Waals surface area contributed by atoms with Crippen LogP contribution in [0.15, 0.2) is 42.7 Å². The number of ether oxygens (including phenoxy) is 1. The monoisotopic (exact) mass is 263 g/mol. The second kappa shape index (κ2) is 4.27. The average molecular weight is 264 g/mol. The maximum atomic E-state index is 12.8. The van der Waals surface area contributed by atoms with Crippen molar-refractivity contribution in [1.82, 2.24) is 14.6 Å². The van der Waals surface area contributed by atoms with E-state index >= 15 is 0 Å². The summed E-state index contributed by atoms with van der Waals surface area (Å²) in [5.74, 6) is 0.651. The molecule has 0 fully saturated rings. The van der Waals surface area contributed by atoms with E-state index in [1.165, 1.54) is 35.0 Å². The normalized spacial score (nSPS) is 10.8. The van der Waals surface area contributed by atoms with Crippen LogP contribution in [-0.4, -0.2) is 14.6 Å². The third-order valence-corrected chi connectivity index (χ3v) is 2.63. The molecule has 0 unspecified atom stereocenters. The maximum Gasteiger partial charge on any atom is 0.223 e. The van der Waals surface area contributed by atoms with E-state index in [0.717, 1.165) is 0 Å². The van der Waals surface area contributed by atoms with Crippen LogP contribution in [0.5, 0.6) is 11.6 Å². The highest BCUT2D eigenvalue weighted by atomic mass is 35.5. The van der Waals surface area contributed by atoms with Crippen LogP contribution in [0.25, 0.3) is 5.65 Å². The van der Waals surface area contributed by atoms with Gasteiger partial charge in [-0.25, -0.2) is 9.37 Å². The number of halogens is 2. The van der Waals surface area contributed by atoms with Gasteiger partial charge in [0.15, 0.2) is 5.65 Å². The molecule has 2 heterocycles. The number of fused-ring (bicyclic) bond motifs is 1. The molecule has 3 rings (SSSR count). The first-order chi connectivity index (χ1) is 8.74. The van der Waals surface area contributed by atoms with Crippen molar-refractivity contribution in [3.05, 3.63) is 53.6 Å². The SMILES string of the molecule is Fc1ccc(Oc2ccnc3c(Cl)cnn23)cc1. The highest BCUT2D eigenvalue weighted by Crippen LogP contribution is 2.24. The minimum Gasteiger partial charge on any atom is -0.439 e. The lowest BCUT2D eigenvalue weighted by Crippen LogP contribution is -1.96. The zero-order chi connectivity index (χ0) is 12.5. The van der Waals surface area contributed by atoms with E-state index in [4.69, 9.17) is 16.3 Å². The van der Waals surface area contributed by atoms with E-state index in [2.05, 4.69) is 10.1 Å². The first kappa shape index (κ1) is 11.0. The topological polar surface area (TPSA) is 39.4 Å². The molecule has 0 spiro atoms. The molecule has 0 N–H and O–H groups in total. The summed E-state index contributed by atoms with van der Waals surface area (Å²) in [6.07, 6.45) is 3.06. The van der Waals surface area contributed by atoms with Gasteiger partial charge in [0.05, 0.1) is 6.20 Å². The number of aromatic nitrogens is 3. The molecule has 3 aromatic rings. The van der Waals surface area contributed by atoms with Crippen LogP contribution in [0, 0.1) is 5.82 Å². The Morgan fingerprint density at radius 3 is 2.72 bits per heavy atom. The lowest BCUT2D eigenvalue weighted by atomic mass is 10.3. The van der Waals surface area contributed by atoms with Crippen LogP contribution in [0.2, 0.25) is 5.02 Å². The summed E-state index contributed by atoms with van der Waals surface area (Å²) in [4.78, 5) is 4.09. The van der Waals surface area contributed by atoms with E-state index in [0.29, 0.717) is 22.3 Å². The van der Waals surface area contributed by atoms with E-state index in [1.54, 1.807) is 12.3 Å².